The molecule has 9 nitrogen and oxygen atoms in total. The Bertz CT molecular complexity index is 900. The summed E-state index contributed by atoms with van der Waals surface area (Å²) in [7, 11) is -3.79. The lowest BCUT2D eigenvalue weighted by molar-refractivity contribution is -0.122. The number of nitrogens with two attached hydrogens (primary N) is 1. The molecule has 1 heterocycles. The third-order valence-corrected chi connectivity index (χ3v) is 4.81. The molecule has 1 saturated carbocycles. The minimum absolute atomic E-state index is 0.0144. The lowest BCUT2D eigenvalue weighted by atomic mass is 9.85. The van der Waals surface area contributed by atoms with Crippen LogP contribution < -0.4 is 15.8 Å². The first-order chi connectivity index (χ1) is 11.8. The molecule has 0 saturated heterocycles. The highest BCUT2D eigenvalue weighted by molar-refractivity contribution is 7.89. The van der Waals surface area contributed by atoms with E-state index in [-0.39, 0.29) is 28.4 Å². The molecule has 3 rings (SSSR count). The van der Waals surface area contributed by atoms with Gasteiger partial charge in [-0.15, -0.1) is 0 Å². The molecule has 132 valence electrons. The van der Waals surface area contributed by atoms with Gasteiger partial charge in [-0.2, -0.15) is 4.98 Å². The number of amides is 2. The average molecular weight is 364 g/mol. The van der Waals surface area contributed by atoms with Crippen LogP contribution in [0.3, 0.4) is 0 Å². The van der Waals surface area contributed by atoms with Gasteiger partial charge in [0.1, 0.15) is 6.26 Å². The van der Waals surface area contributed by atoms with Gasteiger partial charge in [-0.25, -0.2) is 13.6 Å². The molecule has 25 heavy (non-hydrogen) atoms. The molecule has 1 aromatic heterocycles. The van der Waals surface area contributed by atoms with E-state index in [4.69, 9.17) is 9.56 Å². The maximum absolute atomic E-state index is 12.1. The minimum atomic E-state index is -3.79. The second-order valence-electron chi connectivity index (χ2n) is 5.68. The van der Waals surface area contributed by atoms with Crippen molar-refractivity contribution in [2.45, 2.75) is 24.2 Å². The number of carbonyl (C=O) groups excluding carboxylic acids is 2. The molecule has 0 aliphatic heterocycles. The Labute approximate surface area is 143 Å². The van der Waals surface area contributed by atoms with E-state index in [1.54, 1.807) is 0 Å². The predicted octanol–water partition coefficient (Wildman–Crippen LogP) is 1.31. The third-order valence-electron chi connectivity index (χ3n) is 3.88. The van der Waals surface area contributed by atoms with Crippen LogP contribution >= 0.6 is 0 Å². The van der Waals surface area contributed by atoms with Crippen LogP contribution in [0.4, 0.5) is 11.7 Å². The minimum Gasteiger partial charge on any atom is -0.431 e. The van der Waals surface area contributed by atoms with Crippen molar-refractivity contribution in [2.24, 2.45) is 11.1 Å². The molecule has 1 aliphatic rings. The van der Waals surface area contributed by atoms with Gasteiger partial charge in [0.05, 0.1) is 4.90 Å². The van der Waals surface area contributed by atoms with Crippen molar-refractivity contribution in [3.05, 3.63) is 36.2 Å². The molecule has 0 spiro atoms. The number of aromatic nitrogens is 1. The molecule has 2 amide bonds. The van der Waals surface area contributed by atoms with Gasteiger partial charge in [0.2, 0.25) is 15.9 Å². The predicted molar refractivity (Wildman–Crippen MR) is 88.2 cm³/mol. The van der Waals surface area contributed by atoms with Crippen LogP contribution in [0.15, 0.2) is 39.8 Å². The van der Waals surface area contributed by atoms with Gasteiger partial charge in [-0.3, -0.25) is 14.9 Å². The monoisotopic (exact) mass is 364 g/mol. The van der Waals surface area contributed by atoms with Crippen molar-refractivity contribution in [1.29, 1.82) is 0 Å². The highest BCUT2D eigenvalue weighted by atomic mass is 32.2. The van der Waals surface area contributed by atoms with Crippen LogP contribution in [-0.2, 0) is 14.8 Å². The molecule has 0 radical (unpaired) electrons. The summed E-state index contributed by atoms with van der Waals surface area (Å²) in [6, 6.07) is 5.32. The zero-order chi connectivity index (χ0) is 18.0. The van der Waals surface area contributed by atoms with E-state index in [1.807, 2.05) is 0 Å². The Morgan fingerprint density at radius 2 is 1.84 bits per heavy atom. The zero-order valence-corrected chi connectivity index (χ0v) is 13.9. The fourth-order valence-corrected chi connectivity index (χ4v) is 2.75. The average Bonchev–Trinajstić information content (AvgIpc) is 2.93. The molecular weight excluding hydrogens is 348 g/mol. The Morgan fingerprint density at radius 3 is 2.40 bits per heavy atom. The van der Waals surface area contributed by atoms with Gasteiger partial charge in [0, 0.05) is 11.6 Å². The van der Waals surface area contributed by atoms with Crippen LogP contribution in [0.2, 0.25) is 0 Å². The third kappa shape index (κ3) is 4.03. The number of carbonyl (C=O) groups is 2. The van der Waals surface area contributed by atoms with Gasteiger partial charge in [-0.1, -0.05) is 6.42 Å². The summed E-state index contributed by atoms with van der Waals surface area (Å²) in [5, 5.41) is 10.1. The Balaban J connectivity index is 1.62. The fourth-order valence-electron chi connectivity index (χ4n) is 2.24. The maximum atomic E-state index is 12.1. The van der Waals surface area contributed by atoms with Gasteiger partial charge in [0.15, 0.2) is 5.69 Å². The second-order valence-corrected chi connectivity index (χ2v) is 7.24. The van der Waals surface area contributed by atoms with E-state index in [0.29, 0.717) is 5.69 Å². The summed E-state index contributed by atoms with van der Waals surface area (Å²) in [4.78, 5) is 27.8. The Kier molecular flexibility index (Phi) is 4.55. The summed E-state index contributed by atoms with van der Waals surface area (Å²) < 4.78 is 27.4. The number of oxazole rings is 1. The Hall–Kier alpha value is -2.72. The van der Waals surface area contributed by atoms with Gasteiger partial charge in [-0.05, 0) is 37.1 Å². The number of anilines is 2. The standard InChI is InChI=1S/C15H16N4O5S/c16-25(22,23)11-6-4-10(5-7-11)17-14(21)12-8-24-15(18-12)19-13(20)9-2-1-3-9/h4-9H,1-3H2,(H,17,21)(H2,16,22,23)(H,18,19,20). The summed E-state index contributed by atoms with van der Waals surface area (Å²) in [6.07, 6.45) is 3.84. The number of benzene rings is 1. The second kappa shape index (κ2) is 6.65. The number of nitrogens with one attached hydrogen (secondary N) is 2. The molecule has 2 aromatic rings. The summed E-state index contributed by atoms with van der Waals surface area (Å²) >= 11 is 0. The quantitative estimate of drug-likeness (QED) is 0.729. The fraction of sp³-hybridized carbons (Fsp3) is 0.267. The first kappa shape index (κ1) is 17.1. The van der Waals surface area contributed by atoms with E-state index in [0.717, 1.165) is 25.5 Å². The van der Waals surface area contributed by atoms with Crippen molar-refractivity contribution >= 4 is 33.5 Å². The summed E-state index contributed by atoms with van der Waals surface area (Å²) in [5.74, 6) is -0.753. The highest BCUT2D eigenvalue weighted by Gasteiger charge is 2.26. The number of hydrogen-bond donors (Lipinski definition) is 3. The van der Waals surface area contributed by atoms with E-state index >= 15 is 0 Å². The number of sulfonamides is 1. The highest BCUT2D eigenvalue weighted by Crippen LogP contribution is 2.27. The van der Waals surface area contributed by atoms with Crippen molar-refractivity contribution in [2.75, 3.05) is 10.6 Å². The summed E-state index contributed by atoms with van der Waals surface area (Å²) in [5.41, 5.74) is 0.347. The number of rotatable bonds is 5. The van der Waals surface area contributed by atoms with E-state index in [2.05, 4.69) is 15.6 Å². The maximum Gasteiger partial charge on any atom is 0.302 e. The SMILES string of the molecule is NS(=O)(=O)c1ccc(NC(=O)c2coc(NC(=O)C3CCC3)n2)cc1. The zero-order valence-electron chi connectivity index (χ0n) is 13.1. The van der Waals surface area contributed by atoms with Gasteiger partial charge < -0.3 is 9.73 Å². The largest absolute Gasteiger partial charge is 0.431 e. The first-order valence-electron chi connectivity index (χ1n) is 7.53. The number of hydrogen-bond acceptors (Lipinski definition) is 6. The molecule has 10 heteroatoms. The molecule has 0 atom stereocenters. The van der Waals surface area contributed by atoms with Crippen molar-refractivity contribution in [1.82, 2.24) is 4.98 Å². The first-order valence-corrected chi connectivity index (χ1v) is 9.08. The Morgan fingerprint density at radius 1 is 1.16 bits per heavy atom. The normalized spacial score (nSPS) is 14.6. The lowest BCUT2D eigenvalue weighted by Gasteiger charge is -2.22. The van der Waals surface area contributed by atoms with Crippen molar-refractivity contribution < 1.29 is 22.4 Å². The molecule has 1 aliphatic carbocycles. The molecule has 1 aromatic carbocycles. The van der Waals surface area contributed by atoms with Crippen molar-refractivity contribution in [3.8, 4) is 0 Å². The van der Waals surface area contributed by atoms with E-state index in [1.165, 1.54) is 24.3 Å². The smallest absolute Gasteiger partial charge is 0.302 e. The van der Waals surface area contributed by atoms with Gasteiger partial charge in [0.25, 0.3) is 5.91 Å². The topological polar surface area (TPSA) is 144 Å². The van der Waals surface area contributed by atoms with Crippen LogP contribution in [0, 0.1) is 5.92 Å². The van der Waals surface area contributed by atoms with Crippen molar-refractivity contribution in [3.63, 3.8) is 0 Å². The number of primary sulfonamides is 1. The lowest BCUT2D eigenvalue weighted by Crippen LogP contribution is -2.28. The van der Waals surface area contributed by atoms with E-state index in [9.17, 15) is 18.0 Å². The van der Waals surface area contributed by atoms with E-state index < -0.39 is 15.9 Å². The molecule has 1 fully saturated rings. The molecular formula is C15H16N4O5S. The summed E-state index contributed by atoms with van der Waals surface area (Å²) in [6.45, 7) is 0. The molecule has 0 bridgehead atoms. The van der Waals surface area contributed by atoms with Crippen LogP contribution in [0.1, 0.15) is 29.8 Å². The van der Waals surface area contributed by atoms with Crippen LogP contribution in [-0.4, -0.2) is 25.2 Å². The van der Waals surface area contributed by atoms with Crippen LogP contribution in [0.5, 0.6) is 0 Å². The number of nitrogens with zero attached hydrogens (tertiary/aromatic N) is 1. The molecule has 4 N–H and O–H groups in total. The molecule has 0 unspecified atom stereocenters. The van der Waals surface area contributed by atoms with Gasteiger partial charge >= 0.3 is 6.01 Å². The van der Waals surface area contributed by atoms with Crippen LogP contribution in [0.25, 0.3) is 0 Å².